The van der Waals surface area contributed by atoms with E-state index in [1.165, 1.54) is 0 Å². The lowest BCUT2D eigenvalue weighted by Gasteiger charge is -2.20. The van der Waals surface area contributed by atoms with E-state index in [4.69, 9.17) is 4.98 Å². The summed E-state index contributed by atoms with van der Waals surface area (Å²) in [6, 6.07) is 1.98. The summed E-state index contributed by atoms with van der Waals surface area (Å²) in [7, 11) is 2.11. The summed E-state index contributed by atoms with van der Waals surface area (Å²) in [4.78, 5) is 11.4. The van der Waals surface area contributed by atoms with Crippen LogP contribution >= 0.6 is 27.3 Å². The molecule has 1 atom stereocenters. The molecule has 0 spiro atoms. The van der Waals surface area contributed by atoms with Crippen LogP contribution in [0, 0.1) is 5.92 Å². The number of nitrogens with one attached hydrogen (secondary N) is 1. The van der Waals surface area contributed by atoms with Gasteiger partial charge in [-0.15, -0.1) is 11.3 Å². The summed E-state index contributed by atoms with van der Waals surface area (Å²) in [6.45, 7) is 4.74. The molecule has 3 heterocycles. The lowest BCUT2D eigenvalue weighted by atomic mass is 9.90. The lowest BCUT2D eigenvalue weighted by molar-refractivity contribution is 0.325. The number of fused-ring (bicyclic) bond motifs is 1. The Kier molecular flexibility index (Phi) is 6.50. The van der Waals surface area contributed by atoms with E-state index in [1.807, 2.05) is 23.7 Å². The van der Waals surface area contributed by atoms with Crippen molar-refractivity contribution in [3.8, 4) is 0 Å². The zero-order valence-electron chi connectivity index (χ0n) is 17.0. The fourth-order valence-electron chi connectivity index (χ4n) is 3.63. The molecular formula is C21H25BrN6OS. The van der Waals surface area contributed by atoms with Crippen LogP contribution in [0.5, 0.6) is 0 Å². The predicted octanol–water partition coefficient (Wildman–Crippen LogP) is 4.75. The summed E-state index contributed by atoms with van der Waals surface area (Å²) >= 11 is 5.23. The van der Waals surface area contributed by atoms with Crippen molar-refractivity contribution in [1.82, 2.24) is 24.5 Å². The molecule has 2 N–H and O–H groups in total. The Labute approximate surface area is 188 Å². The number of aliphatic hydroxyl groups excluding tert-OH is 1. The molecule has 4 rings (SSSR count). The van der Waals surface area contributed by atoms with Gasteiger partial charge in [0, 0.05) is 29.8 Å². The first kappa shape index (κ1) is 21.0. The number of hydrogen-bond donors (Lipinski definition) is 2. The highest BCUT2D eigenvalue weighted by molar-refractivity contribution is 9.10. The van der Waals surface area contributed by atoms with Crippen molar-refractivity contribution in [1.29, 1.82) is 0 Å². The molecular weight excluding hydrogens is 464 g/mol. The van der Waals surface area contributed by atoms with E-state index in [0.717, 1.165) is 64.7 Å². The number of rotatable bonds is 8. The first-order valence-corrected chi connectivity index (χ1v) is 11.7. The van der Waals surface area contributed by atoms with Gasteiger partial charge in [-0.2, -0.15) is 9.61 Å². The third-order valence-corrected chi connectivity index (χ3v) is 6.47. The van der Waals surface area contributed by atoms with Gasteiger partial charge in [0.15, 0.2) is 5.65 Å². The van der Waals surface area contributed by atoms with E-state index in [0.29, 0.717) is 0 Å². The van der Waals surface area contributed by atoms with E-state index >= 15 is 0 Å². The maximum atomic E-state index is 10.4. The number of nitrogens with zero attached hydrogens (tertiary/aromatic N) is 5. The number of hydrogen-bond acceptors (Lipinski definition) is 7. The lowest BCUT2D eigenvalue weighted by Crippen LogP contribution is -2.21. The summed E-state index contributed by atoms with van der Waals surface area (Å²) in [6.07, 6.45) is 9.23. The van der Waals surface area contributed by atoms with Crippen LogP contribution in [0.2, 0.25) is 0 Å². The topological polar surface area (TPSA) is 78.6 Å². The molecule has 1 aliphatic rings. The second-order valence-corrected chi connectivity index (χ2v) is 9.37. The average molecular weight is 489 g/mol. The first-order valence-electron chi connectivity index (χ1n) is 9.98. The monoisotopic (exact) mass is 488 g/mol. The van der Waals surface area contributed by atoms with Crippen molar-refractivity contribution in [2.75, 3.05) is 25.5 Å². The van der Waals surface area contributed by atoms with Crippen LogP contribution in [0.1, 0.15) is 30.5 Å². The molecule has 3 aromatic heterocycles. The van der Waals surface area contributed by atoms with Crippen molar-refractivity contribution >= 4 is 44.3 Å². The third-order valence-electron chi connectivity index (χ3n) is 5.15. The molecule has 30 heavy (non-hydrogen) atoms. The molecule has 0 radical (unpaired) electrons. The van der Waals surface area contributed by atoms with Gasteiger partial charge in [-0.05, 0) is 54.4 Å². The van der Waals surface area contributed by atoms with Crippen LogP contribution in [-0.4, -0.2) is 49.7 Å². The van der Waals surface area contributed by atoms with E-state index in [9.17, 15) is 5.11 Å². The fourth-order valence-corrected chi connectivity index (χ4v) is 4.68. The van der Waals surface area contributed by atoms with Gasteiger partial charge >= 0.3 is 0 Å². The minimum absolute atomic E-state index is 0.207. The fraction of sp³-hybridized carbons (Fsp3) is 0.381. The van der Waals surface area contributed by atoms with Gasteiger partial charge in [0.05, 0.1) is 22.9 Å². The molecule has 0 saturated carbocycles. The molecule has 0 fully saturated rings. The molecule has 0 aromatic carbocycles. The zero-order chi connectivity index (χ0) is 21.1. The van der Waals surface area contributed by atoms with Gasteiger partial charge in [-0.3, -0.25) is 4.90 Å². The smallest absolute Gasteiger partial charge is 0.172 e. The number of thiazole rings is 1. The molecule has 1 aliphatic carbocycles. The van der Waals surface area contributed by atoms with Gasteiger partial charge < -0.3 is 10.4 Å². The van der Waals surface area contributed by atoms with Crippen LogP contribution in [0.4, 0.5) is 5.82 Å². The minimum Gasteiger partial charge on any atom is -0.508 e. The average Bonchev–Trinajstić information content (AvgIpc) is 3.35. The summed E-state index contributed by atoms with van der Waals surface area (Å²) < 4.78 is 2.63. The van der Waals surface area contributed by atoms with Crippen LogP contribution in [0.25, 0.3) is 11.2 Å². The summed E-state index contributed by atoms with van der Waals surface area (Å²) in [5, 5.41) is 21.5. The van der Waals surface area contributed by atoms with Crippen molar-refractivity contribution in [3.05, 3.63) is 56.9 Å². The quantitative estimate of drug-likeness (QED) is 0.445. The molecule has 1 unspecified atom stereocenters. The molecule has 158 valence electrons. The Morgan fingerprint density at radius 3 is 3.07 bits per heavy atom. The number of halogens is 1. The molecule has 0 saturated heterocycles. The SMILES string of the molecule is CC1CC=CC(O)=C1c1cc(NCCCN(C)Cc2nccs2)n2ncc(Br)c2n1. The Balaban J connectivity index is 1.48. The first-order chi connectivity index (χ1) is 14.5. The predicted molar refractivity (Wildman–Crippen MR) is 125 cm³/mol. The Hall–Kier alpha value is -2.23. The van der Waals surface area contributed by atoms with Crippen molar-refractivity contribution in [3.63, 3.8) is 0 Å². The number of aliphatic hydroxyl groups is 1. The van der Waals surface area contributed by atoms with Gasteiger partial charge in [-0.1, -0.05) is 13.0 Å². The second kappa shape index (κ2) is 9.28. The van der Waals surface area contributed by atoms with Gasteiger partial charge in [0.2, 0.25) is 0 Å². The normalized spacial score (nSPS) is 16.7. The van der Waals surface area contributed by atoms with E-state index in [-0.39, 0.29) is 11.7 Å². The number of anilines is 1. The number of aromatic nitrogens is 4. The van der Waals surface area contributed by atoms with Crippen LogP contribution in [-0.2, 0) is 6.54 Å². The Morgan fingerprint density at radius 1 is 1.43 bits per heavy atom. The number of allylic oxidation sites excluding steroid dienone is 3. The summed E-state index contributed by atoms with van der Waals surface area (Å²) in [5.74, 6) is 1.36. The van der Waals surface area contributed by atoms with E-state index < -0.39 is 0 Å². The molecule has 7 nitrogen and oxygen atoms in total. The largest absolute Gasteiger partial charge is 0.508 e. The Morgan fingerprint density at radius 2 is 2.30 bits per heavy atom. The zero-order valence-corrected chi connectivity index (χ0v) is 19.4. The van der Waals surface area contributed by atoms with E-state index in [1.54, 1.807) is 28.1 Å². The highest BCUT2D eigenvalue weighted by atomic mass is 79.9. The van der Waals surface area contributed by atoms with E-state index in [2.05, 4.69) is 50.2 Å². The maximum absolute atomic E-state index is 10.4. The summed E-state index contributed by atoms with van der Waals surface area (Å²) in [5.41, 5.74) is 2.39. The standard InChI is InChI=1S/C21H25BrN6OS/c1-14-5-3-6-17(29)20(14)16-11-18(28-21(26-16)15(22)12-25-28)23-7-4-9-27(2)13-19-24-8-10-30-19/h3,6,8,10-12,14,23,29H,4-5,7,9,13H2,1-2H3. The van der Waals surface area contributed by atoms with Gasteiger partial charge in [0.25, 0.3) is 0 Å². The van der Waals surface area contributed by atoms with Gasteiger partial charge in [0.1, 0.15) is 16.6 Å². The van der Waals surface area contributed by atoms with Gasteiger partial charge in [-0.25, -0.2) is 9.97 Å². The molecule has 3 aromatic rings. The molecule has 0 bridgehead atoms. The maximum Gasteiger partial charge on any atom is 0.172 e. The Bertz CT molecular complexity index is 1070. The molecule has 0 amide bonds. The van der Waals surface area contributed by atoms with Crippen molar-refractivity contribution in [2.24, 2.45) is 5.92 Å². The third kappa shape index (κ3) is 4.58. The van der Waals surface area contributed by atoms with Crippen LogP contribution < -0.4 is 5.32 Å². The van der Waals surface area contributed by atoms with Crippen LogP contribution in [0.3, 0.4) is 0 Å². The van der Waals surface area contributed by atoms with Crippen molar-refractivity contribution in [2.45, 2.75) is 26.3 Å². The molecule has 9 heteroatoms. The minimum atomic E-state index is 0.207. The second-order valence-electron chi connectivity index (χ2n) is 7.54. The van der Waals surface area contributed by atoms with Crippen molar-refractivity contribution < 1.29 is 5.11 Å². The molecule has 0 aliphatic heterocycles. The highest BCUT2D eigenvalue weighted by Gasteiger charge is 2.21. The highest BCUT2D eigenvalue weighted by Crippen LogP contribution is 2.33. The van der Waals surface area contributed by atoms with Crippen LogP contribution in [0.15, 0.2) is 46.2 Å².